The SMILES string of the molecule is [C-]#[N+]C[C@H]1CN(c2nc(OC[C@@]34CCCN3C[C@H](F)C4)nc3c(OC4CC4)c(-c4cccc5ccc(F)c(Cl)c45)ccc23)CCN1C(=O)C(=C)F. The Morgan fingerprint density at radius 1 is 1.10 bits per heavy atom. The molecule has 0 spiro atoms. The molecule has 13 heteroatoms. The number of carbonyl (C=O) groups excluding carboxylic acids is 1. The topological polar surface area (TPSA) is 75.4 Å². The van der Waals surface area contributed by atoms with E-state index in [2.05, 4.69) is 16.3 Å². The van der Waals surface area contributed by atoms with E-state index in [1.165, 1.54) is 11.0 Å². The second kappa shape index (κ2) is 13.2. The lowest BCUT2D eigenvalue weighted by Gasteiger charge is -2.39. The Morgan fingerprint density at radius 2 is 1.94 bits per heavy atom. The Balaban J connectivity index is 1.28. The minimum atomic E-state index is -1.08. The molecule has 3 aliphatic heterocycles. The fraction of sp³-hybridized carbons (Fsp3) is 0.421. The number of benzene rings is 3. The molecule has 8 rings (SSSR count). The summed E-state index contributed by atoms with van der Waals surface area (Å²) in [6.07, 6.45) is 2.88. The van der Waals surface area contributed by atoms with Gasteiger partial charge in [0.2, 0.25) is 6.54 Å². The Morgan fingerprint density at radius 3 is 2.73 bits per heavy atom. The number of hydrogen-bond acceptors (Lipinski definition) is 7. The van der Waals surface area contributed by atoms with E-state index in [0.29, 0.717) is 58.5 Å². The summed E-state index contributed by atoms with van der Waals surface area (Å²) in [5.41, 5.74) is 1.37. The molecular weight excluding hydrogens is 681 g/mol. The second-order valence-electron chi connectivity index (χ2n) is 14.0. The van der Waals surface area contributed by atoms with Crippen molar-refractivity contribution in [2.24, 2.45) is 0 Å². The molecule has 4 heterocycles. The summed E-state index contributed by atoms with van der Waals surface area (Å²) < 4.78 is 56.6. The molecule has 0 bridgehead atoms. The standard InChI is InChI=1S/C38H36ClF3N6O3/c1-22(40)36(49)48-16-15-46(20-25(48)18-43-2)35-29-11-10-28(27-6-3-5-23-7-12-30(42)32(39)31(23)27)34(51-26-8-9-26)33(29)44-37(45-35)50-21-38-13-4-14-47(38)19-24(41)17-38/h3,5-7,10-12,24-26H,1,4,8-9,13-21H2/t24-,25+,38+/m1/s1. The van der Waals surface area contributed by atoms with Gasteiger partial charge in [-0.3, -0.25) is 9.69 Å². The molecule has 1 aliphatic carbocycles. The van der Waals surface area contributed by atoms with Crippen LogP contribution in [0.1, 0.15) is 32.1 Å². The van der Waals surface area contributed by atoms with Crippen molar-refractivity contribution in [2.75, 3.05) is 50.8 Å². The largest absolute Gasteiger partial charge is 0.487 e. The molecule has 51 heavy (non-hydrogen) atoms. The quantitative estimate of drug-likeness (QED) is 0.135. The number of nitrogens with zero attached hydrogens (tertiary/aromatic N) is 6. The van der Waals surface area contributed by atoms with Crippen molar-refractivity contribution in [3.63, 3.8) is 0 Å². The van der Waals surface area contributed by atoms with Gasteiger partial charge in [-0.1, -0.05) is 42.4 Å². The molecule has 264 valence electrons. The van der Waals surface area contributed by atoms with Crippen LogP contribution < -0.4 is 14.4 Å². The van der Waals surface area contributed by atoms with Gasteiger partial charge in [0.25, 0.3) is 5.91 Å². The normalized spacial score (nSPS) is 23.4. The fourth-order valence-electron chi connectivity index (χ4n) is 8.04. The molecule has 0 N–H and O–H groups in total. The summed E-state index contributed by atoms with van der Waals surface area (Å²) in [5, 5.41) is 1.96. The molecule has 0 radical (unpaired) electrons. The number of ether oxygens (including phenoxy) is 2. The maximum Gasteiger partial charge on any atom is 0.319 e. The average Bonchev–Trinajstić information content (AvgIpc) is 3.78. The summed E-state index contributed by atoms with van der Waals surface area (Å²) in [4.78, 5) is 31.5. The van der Waals surface area contributed by atoms with Crippen LogP contribution in [0.5, 0.6) is 11.8 Å². The summed E-state index contributed by atoms with van der Waals surface area (Å²) in [5.74, 6) is -1.47. The van der Waals surface area contributed by atoms with E-state index in [1.807, 2.05) is 35.2 Å². The van der Waals surface area contributed by atoms with Crippen LogP contribution in [0.2, 0.25) is 5.02 Å². The molecule has 4 aliphatic rings. The number of halogens is 4. The van der Waals surface area contributed by atoms with Gasteiger partial charge in [-0.15, -0.1) is 0 Å². The van der Waals surface area contributed by atoms with Crippen molar-refractivity contribution in [1.29, 1.82) is 0 Å². The minimum absolute atomic E-state index is 0.00491. The summed E-state index contributed by atoms with van der Waals surface area (Å²) >= 11 is 6.60. The third-order valence-electron chi connectivity index (χ3n) is 10.6. The Bertz CT molecular complexity index is 2110. The van der Waals surface area contributed by atoms with Crippen LogP contribution in [0, 0.1) is 12.4 Å². The number of aromatic nitrogens is 2. The highest BCUT2D eigenvalue weighted by Gasteiger charge is 2.49. The van der Waals surface area contributed by atoms with E-state index in [-0.39, 0.29) is 43.4 Å². The van der Waals surface area contributed by atoms with E-state index in [0.717, 1.165) is 37.6 Å². The van der Waals surface area contributed by atoms with Gasteiger partial charge in [-0.05, 0) is 61.4 Å². The van der Waals surface area contributed by atoms with Crippen LogP contribution in [0.25, 0.3) is 37.6 Å². The molecular formula is C38H36ClF3N6O3. The van der Waals surface area contributed by atoms with Crippen molar-refractivity contribution >= 4 is 45.0 Å². The smallest absolute Gasteiger partial charge is 0.319 e. The van der Waals surface area contributed by atoms with Crippen LogP contribution >= 0.6 is 11.6 Å². The number of piperazine rings is 1. The lowest BCUT2D eigenvalue weighted by molar-refractivity contribution is -0.131. The highest BCUT2D eigenvalue weighted by atomic mass is 35.5. The van der Waals surface area contributed by atoms with Gasteiger partial charge in [0.1, 0.15) is 36.0 Å². The fourth-order valence-corrected chi connectivity index (χ4v) is 8.31. The predicted octanol–water partition coefficient (Wildman–Crippen LogP) is 7.16. The molecule has 1 amide bonds. The number of rotatable bonds is 9. The number of fused-ring (bicyclic) bond motifs is 3. The molecule has 4 aromatic rings. The third-order valence-corrected chi connectivity index (χ3v) is 11.0. The third kappa shape index (κ3) is 6.10. The number of hydrogen-bond donors (Lipinski definition) is 0. The van der Waals surface area contributed by atoms with E-state index >= 15 is 0 Å². The molecule has 3 atom stereocenters. The zero-order chi connectivity index (χ0) is 35.4. The van der Waals surface area contributed by atoms with Crippen LogP contribution in [-0.2, 0) is 4.79 Å². The zero-order valence-corrected chi connectivity index (χ0v) is 28.6. The highest BCUT2D eigenvalue weighted by Crippen LogP contribution is 2.46. The number of carbonyl (C=O) groups is 1. The second-order valence-corrected chi connectivity index (χ2v) is 14.3. The molecule has 0 unspecified atom stereocenters. The summed E-state index contributed by atoms with van der Waals surface area (Å²) in [6, 6.07) is 11.9. The van der Waals surface area contributed by atoms with E-state index in [9.17, 15) is 18.0 Å². The van der Waals surface area contributed by atoms with Gasteiger partial charge in [0, 0.05) is 48.9 Å². The molecule has 3 aromatic carbocycles. The first-order valence-electron chi connectivity index (χ1n) is 17.3. The Kier molecular flexibility index (Phi) is 8.67. The monoisotopic (exact) mass is 716 g/mol. The lowest BCUT2D eigenvalue weighted by atomic mass is 9.95. The number of anilines is 1. The van der Waals surface area contributed by atoms with E-state index in [1.54, 1.807) is 6.07 Å². The first kappa shape index (κ1) is 33.5. The van der Waals surface area contributed by atoms with Crippen molar-refractivity contribution < 1.29 is 27.4 Å². The predicted molar refractivity (Wildman–Crippen MR) is 189 cm³/mol. The van der Waals surface area contributed by atoms with E-state index < -0.39 is 35.3 Å². The Labute approximate surface area is 298 Å². The van der Waals surface area contributed by atoms with Gasteiger partial charge in [-0.2, -0.15) is 9.97 Å². The summed E-state index contributed by atoms with van der Waals surface area (Å²) in [6.45, 7) is 12.7. The van der Waals surface area contributed by atoms with Gasteiger partial charge in [0.15, 0.2) is 11.6 Å². The maximum atomic E-state index is 14.9. The number of alkyl halides is 1. The van der Waals surface area contributed by atoms with Crippen molar-refractivity contribution in [3.8, 4) is 22.9 Å². The Hall–Kier alpha value is -4.60. The molecule has 9 nitrogen and oxygen atoms in total. The van der Waals surface area contributed by atoms with Crippen molar-refractivity contribution in [1.82, 2.24) is 19.8 Å². The molecule has 3 saturated heterocycles. The first-order chi connectivity index (χ1) is 24.7. The van der Waals surface area contributed by atoms with E-state index in [4.69, 9.17) is 37.6 Å². The summed E-state index contributed by atoms with van der Waals surface area (Å²) in [7, 11) is 0. The maximum absolute atomic E-state index is 14.9. The van der Waals surface area contributed by atoms with Gasteiger partial charge >= 0.3 is 6.01 Å². The number of amides is 1. The van der Waals surface area contributed by atoms with Crippen molar-refractivity contribution in [3.05, 3.63) is 77.1 Å². The zero-order valence-electron chi connectivity index (χ0n) is 27.9. The van der Waals surface area contributed by atoms with Crippen LogP contribution in [0.3, 0.4) is 0 Å². The highest BCUT2D eigenvalue weighted by molar-refractivity contribution is 6.37. The molecule has 4 fully saturated rings. The van der Waals surface area contributed by atoms with Gasteiger partial charge < -0.3 is 24.1 Å². The molecule has 1 aromatic heterocycles. The lowest BCUT2D eigenvalue weighted by Crippen LogP contribution is -2.56. The van der Waals surface area contributed by atoms with Crippen molar-refractivity contribution in [2.45, 2.75) is 56.0 Å². The van der Waals surface area contributed by atoms with Crippen LogP contribution in [0.15, 0.2) is 54.9 Å². The average molecular weight is 717 g/mol. The van der Waals surface area contributed by atoms with Crippen LogP contribution in [-0.4, -0.2) is 95.4 Å². The van der Waals surface area contributed by atoms with Gasteiger partial charge in [0.05, 0.1) is 16.7 Å². The minimum Gasteiger partial charge on any atom is -0.487 e. The molecule has 1 saturated carbocycles. The van der Waals surface area contributed by atoms with Gasteiger partial charge in [-0.25, -0.2) is 19.7 Å². The van der Waals surface area contributed by atoms with Crippen LogP contribution in [0.4, 0.5) is 19.0 Å². The first-order valence-corrected chi connectivity index (χ1v) is 17.7.